The number of aliphatic carboxylic acids is 1. The highest BCUT2D eigenvalue weighted by Crippen LogP contribution is 2.28. The number of alkyl halides is 3. The number of benzene rings is 1. The highest BCUT2D eigenvalue weighted by molar-refractivity contribution is 5.95. The van der Waals surface area contributed by atoms with Gasteiger partial charge in [-0.25, -0.2) is 4.79 Å². The van der Waals surface area contributed by atoms with Crippen LogP contribution in [0.5, 0.6) is 0 Å². The van der Waals surface area contributed by atoms with Gasteiger partial charge >= 0.3 is 12.1 Å². The van der Waals surface area contributed by atoms with E-state index in [1.54, 1.807) is 30.6 Å². The van der Waals surface area contributed by atoms with E-state index < -0.39 is 42.0 Å². The summed E-state index contributed by atoms with van der Waals surface area (Å²) in [5.74, 6) is -5.11. The van der Waals surface area contributed by atoms with Crippen molar-refractivity contribution in [3.05, 3.63) is 65.5 Å². The minimum absolute atomic E-state index is 0.0381. The molecule has 1 unspecified atom stereocenters. The van der Waals surface area contributed by atoms with Crippen molar-refractivity contribution in [2.45, 2.75) is 75.5 Å². The molecule has 1 saturated carbocycles. The molecule has 0 spiro atoms. The van der Waals surface area contributed by atoms with E-state index in [-0.39, 0.29) is 30.0 Å². The van der Waals surface area contributed by atoms with Crippen LogP contribution in [0.1, 0.15) is 67.6 Å². The molecule has 262 valence electrons. The summed E-state index contributed by atoms with van der Waals surface area (Å²) in [5, 5.41) is 30.5. The molecule has 3 amide bonds. The summed E-state index contributed by atoms with van der Waals surface area (Å²) in [6.45, 7) is 0.359. The van der Waals surface area contributed by atoms with E-state index >= 15 is 0 Å². The Bertz CT molecular complexity index is 1400. The second kappa shape index (κ2) is 18.8. The molecule has 1 fully saturated rings. The van der Waals surface area contributed by atoms with Gasteiger partial charge in [-0.1, -0.05) is 49.6 Å². The third kappa shape index (κ3) is 13.3. The lowest BCUT2D eigenvalue weighted by Gasteiger charge is -2.32. The van der Waals surface area contributed by atoms with Gasteiger partial charge in [-0.15, -0.1) is 0 Å². The Morgan fingerprint density at radius 2 is 1.58 bits per heavy atom. The Kier molecular flexibility index (Phi) is 15.3. The molecule has 0 saturated heterocycles. The number of primary amides is 1. The number of carboxylic acid groups (broad SMARTS) is 1. The Labute approximate surface area is 275 Å². The van der Waals surface area contributed by atoms with E-state index in [1.807, 2.05) is 18.2 Å². The van der Waals surface area contributed by atoms with Crippen molar-refractivity contribution in [2.24, 2.45) is 23.1 Å². The molecule has 1 heterocycles. The molecule has 1 aromatic heterocycles. The van der Waals surface area contributed by atoms with E-state index in [2.05, 4.69) is 20.9 Å². The van der Waals surface area contributed by atoms with Crippen LogP contribution < -0.4 is 33.2 Å². The van der Waals surface area contributed by atoms with Gasteiger partial charge in [0.05, 0.1) is 5.92 Å². The molecule has 1 aromatic carbocycles. The molecule has 12 N–H and O–H groups in total. The number of hydrogen-bond donors (Lipinski definition) is 9. The zero-order valence-electron chi connectivity index (χ0n) is 26.2. The third-order valence-corrected chi connectivity index (χ3v) is 7.70. The number of pyridine rings is 1. The predicted molar refractivity (Wildman–Crippen MR) is 171 cm³/mol. The summed E-state index contributed by atoms with van der Waals surface area (Å²) in [4.78, 5) is 52.7. The second-order valence-electron chi connectivity index (χ2n) is 11.3. The van der Waals surface area contributed by atoms with Gasteiger partial charge in [-0.2, -0.15) is 13.2 Å². The van der Waals surface area contributed by atoms with E-state index in [0.29, 0.717) is 30.5 Å². The molecule has 0 aliphatic heterocycles. The Morgan fingerprint density at radius 3 is 2.08 bits per heavy atom. The Balaban J connectivity index is 0.00000103. The SMILES string of the molecule is N=C(N)NCCCC(NC(=O)[C@@H](NC(=O)[C@@H](Cc1ccc(C(=N)N)cc1)c1cccnc1)C1CCCCC1)C(N)=O.O=C(O)C(F)(F)F. The molecule has 1 aliphatic carbocycles. The van der Waals surface area contributed by atoms with Crippen LogP contribution >= 0.6 is 0 Å². The predicted octanol–water partition coefficient (Wildman–Crippen LogP) is 1.62. The number of guanidine groups is 1. The van der Waals surface area contributed by atoms with Crippen LogP contribution in [-0.4, -0.2) is 70.4 Å². The molecular weight excluding hydrogens is 635 g/mol. The van der Waals surface area contributed by atoms with Crippen LogP contribution in [0.3, 0.4) is 0 Å². The molecule has 3 rings (SSSR count). The summed E-state index contributed by atoms with van der Waals surface area (Å²) in [7, 11) is 0. The lowest BCUT2D eigenvalue weighted by Crippen LogP contribution is -2.56. The first-order valence-corrected chi connectivity index (χ1v) is 15.2. The van der Waals surface area contributed by atoms with Crippen LogP contribution in [-0.2, 0) is 25.6 Å². The fourth-order valence-electron chi connectivity index (χ4n) is 5.20. The number of carbonyl (C=O) groups excluding carboxylic acids is 3. The smallest absolute Gasteiger partial charge is 0.475 e. The number of rotatable bonds is 14. The van der Waals surface area contributed by atoms with Crippen LogP contribution in [0.25, 0.3) is 0 Å². The second-order valence-corrected chi connectivity index (χ2v) is 11.3. The van der Waals surface area contributed by atoms with Gasteiger partial charge in [0.1, 0.15) is 17.9 Å². The van der Waals surface area contributed by atoms with Crippen molar-refractivity contribution in [3.8, 4) is 0 Å². The largest absolute Gasteiger partial charge is 0.490 e. The van der Waals surface area contributed by atoms with E-state index in [4.69, 9.17) is 37.9 Å². The monoisotopic (exact) mass is 677 g/mol. The van der Waals surface area contributed by atoms with E-state index in [1.165, 1.54) is 0 Å². The number of nitrogen functional groups attached to an aromatic ring is 1. The summed E-state index contributed by atoms with van der Waals surface area (Å²) >= 11 is 0. The van der Waals surface area contributed by atoms with Crippen molar-refractivity contribution in [1.29, 1.82) is 10.8 Å². The van der Waals surface area contributed by atoms with Gasteiger partial charge in [0.25, 0.3) is 0 Å². The van der Waals surface area contributed by atoms with Crippen LogP contribution in [0, 0.1) is 16.7 Å². The number of carbonyl (C=O) groups is 4. The molecule has 2 aromatic rings. The lowest BCUT2D eigenvalue weighted by atomic mass is 9.82. The standard InChI is InChI=1S/C29H41N9O3.C2HF3O2/c30-25(31)20-12-10-18(11-13-20)16-22(21-8-4-14-35-17-21)27(40)38-24(19-6-2-1-3-7-19)28(41)37-23(26(32)39)9-5-15-36-29(33)34;3-2(4,5)1(6)7/h4,8,10-14,17,19,22-24H,1-3,5-7,9,15-16H2,(H3,30,31)(H2,32,39)(H,37,41)(H,38,40)(H4,33,34,36);(H,6,7)/t22-,23?,24-;/m0./s1. The fourth-order valence-corrected chi connectivity index (χ4v) is 5.20. The zero-order valence-corrected chi connectivity index (χ0v) is 26.2. The van der Waals surface area contributed by atoms with Crippen molar-refractivity contribution < 1.29 is 37.5 Å². The zero-order chi connectivity index (χ0) is 35.9. The number of carboxylic acids is 1. The molecule has 3 atom stereocenters. The van der Waals surface area contributed by atoms with Gasteiger partial charge in [0, 0.05) is 24.5 Å². The number of aromatic nitrogens is 1. The average Bonchev–Trinajstić information content (AvgIpc) is 3.04. The number of halogens is 3. The van der Waals surface area contributed by atoms with E-state index in [0.717, 1.165) is 37.7 Å². The van der Waals surface area contributed by atoms with Crippen LogP contribution in [0.4, 0.5) is 13.2 Å². The van der Waals surface area contributed by atoms with Crippen LogP contribution in [0.15, 0.2) is 48.8 Å². The maximum absolute atomic E-state index is 13.9. The van der Waals surface area contributed by atoms with Crippen molar-refractivity contribution in [2.75, 3.05) is 6.54 Å². The van der Waals surface area contributed by atoms with Crippen molar-refractivity contribution >= 4 is 35.5 Å². The highest BCUT2D eigenvalue weighted by Gasteiger charge is 2.38. The first-order valence-electron chi connectivity index (χ1n) is 15.2. The molecule has 1 aliphatic rings. The molecule has 48 heavy (non-hydrogen) atoms. The quantitative estimate of drug-likeness (QED) is 0.0798. The Hall–Kier alpha value is -5.22. The number of nitrogens with one attached hydrogen (secondary N) is 5. The normalized spacial score (nSPS) is 15.0. The average molecular weight is 678 g/mol. The summed E-state index contributed by atoms with van der Waals surface area (Å²) in [5.41, 5.74) is 18.6. The summed E-state index contributed by atoms with van der Waals surface area (Å²) in [6.07, 6.45) is 3.81. The number of amides is 3. The first kappa shape index (κ1) is 39.0. The minimum Gasteiger partial charge on any atom is -0.475 e. The number of nitrogens with zero attached hydrogens (tertiary/aromatic N) is 1. The topological polar surface area (TPSA) is 263 Å². The summed E-state index contributed by atoms with van der Waals surface area (Å²) in [6, 6.07) is 8.97. The molecule has 0 radical (unpaired) electrons. The van der Waals surface area contributed by atoms with Gasteiger partial charge in [0.2, 0.25) is 17.7 Å². The van der Waals surface area contributed by atoms with Gasteiger partial charge in [-0.05, 0) is 55.2 Å². The fraction of sp³-hybridized carbons (Fsp3) is 0.452. The highest BCUT2D eigenvalue weighted by atomic mass is 19.4. The van der Waals surface area contributed by atoms with Crippen LogP contribution in [0.2, 0.25) is 0 Å². The maximum atomic E-state index is 13.9. The maximum Gasteiger partial charge on any atom is 0.490 e. The summed E-state index contributed by atoms with van der Waals surface area (Å²) < 4.78 is 31.7. The molecular formula is C31H42F3N9O5. The minimum atomic E-state index is -5.08. The van der Waals surface area contributed by atoms with Gasteiger partial charge < -0.3 is 38.3 Å². The van der Waals surface area contributed by atoms with Crippen molar-refractivity contribution in [1.82, 2.24) is 20.9 Å². The van der Waals surface area contributed by atoms with Gasteiger partial charge in [-0.3, -0.25) is 30.2 Å². The molecule has 0 bridgehead atoms. The molecule has 14 nitrogen and oxygen atoms in total. The van der Waals surface area contributed by atoms with Gasteiger partial charge in [0.15, 0.2) is 5.96 Å². The Morgan fingerprint density at radius 1 is 0.958 bits per heavy atom. The number of amidine groups is 1. The number of nitrogens with two attached hydrogens (primary N) is 3. The molecule has 17 heteroatoms. The third-order valence-electron chi connectivity index (χ3n) is 7.70. The lowest BCUT2D eigenvalue weighted by molar-refractivity contribution is -0.192. The van der Waals surface area contributed by atoms with Crippen molar-refractivity contribution in [3.63, 3.8) is 0 Å². The number of hydrogen-bond acceptors (Lipinski definition) is 7. The first-order chi connectivity index (χ1) is 22.6. The van der Waals surface area contributed by atoms with E-state index in [9.17, 15) is 27.6 Å².